The van der Waals surface area contributed by atoms with E-state index in [0.717, 1.165) is 11.0 Å². The molecule has 0 radical (unpaired) electrons. The molecule has 0 bridgehead atoms. The maximum absolute atomic E-state index is 4.26. The van der Waals surface area contributed by atoms with Crippen LogP contribution in [0, 0.1) is 5.41 Å². The van der Waals surface area contributed by atoms with Gasteiger partial charge < -0.3 is 5.32 Å². The summed E-state index contributed by atoms with van der Waals surface area (Å²) in [6, 6.07) is 2.17. The second-order valence-electron chi connectivity index (χ2n) is 5.20. The molecule has 1 aromatic heterocycles. The molecule has 17 heavy (non-hydrogen) atoms. The maximum atomic E-state index is 4.26. The predicted molar refractivity (Wildman–Crippen MR) is 73.7 cm³/mol. The van der Waals surface area contributed by atoms with Crippen molar-refractivity contribution >= 4 is 21.5 Å². The lowest BCUT2D eigenvalue weighted by atomic mass is 9.80. The van der Waals surface area contributed by atoms with E-state index in [0.29, 0.717) is 5.41 Å². The zero-order valence-corrected chi connectivity index (χ0v) is 11.5. The fourth-order valence-electron chi connectivity index (χ4n) is 3.04. The molecule has 3 heteroatoms. The lowest BCUT2D eigenvalue weighted by molar-refractivity contribution is 0.274. The number of hydrogen-bond acceptors (Lipinski definition) is 2. The molecular weight excluding hydrogens is 276 g/mol. The van der Waals surface area contributed by atoms with Gasteiger partial charge in [0.15, 0.2) is 0 Å². The van der Waals surface area contributed by atoms with Gasteiger partial charge in [-0.2, -0.15) is 0 Å². The first-order chi connectivity index (χ1) is 8.27. The number of nitrogens with one attached hydrogen (secondary N) is 1. The number of halogens is 1. The van der Waals surface area contributed by atoms with Crippen molar-refractivity contribution in [3.63, 3.8) is 0 Å². The van der Waals surface area contributed by atoms with E-state index in [1.165, 1.54) is 43.4 Å². The quantitative estimate of drug-likeness (QED) is 0.858. The predicted octanol–water partition coefficient (Wildman–Crippen LogP) is 3.39. The van der Waals surface area contributed by atoms with Crippen LogP contribution in [0.4, 0.5) is 0 Å². The van der Waals surface area contributed by atoms with E-state index in [1.54, 1.807) is 0 Å². The van der Waals surface area contributed by atoms with Crippen LogP contribution in [0.2, 0.25) is 0 Å². The Bertz CT molecular complexity index is 447. The first kappa shape index (κ1) is 11.4. The van der Waals surface area contributed by atoms with Crippen molar-refractivity contribution in [1.29, 1.82) is 0 Å². The number of hydrogen-bond donors (Lipinski definition) is 1. The molecule has 0 aromatic carbocycles. The molecule has 90 valence electrons. The van der Waals surface area contributed by atoms with Crippen molar-refractivity contribution in [3.8, 4) is 0 Å². The summed E-state index contributed by atoms with van der Waals surface area (Å²) >= 11 is 3.49. The molecule has 1 unspecified atom stereocenters. The molecule has 0 amide bonds. The van der Waals surface area contributed by atoms with Crippen molar-refractivity contribution in [2.75, 3.05) is 13.1 Å². The number of piperidine rings is 1. The van der Waals surface area contributed by atoms with Gasteiger partial charge >= 0.3 is 0 Å². The van der Waals surface area contributed by atoms with E-state index in [-0.39, 0.29) is 0 Å². The Hall–Kier alpha value is -0.670. The molecule has 1 spiro atoms. The van der Waals surface area contributed by atoms with Crippen molar-refractivity contribution in [2.24, 2.45) is 5.41 Å². The molecule has 1 fully saturated rings. The van der Waals surface area contributed by atoms with Gasteiger partial charge in [-0.25, -0.2) is 0 Å². The van der Waals surface area contributed by atoms with E-state index in [1.807, 2.05) is 12.4 Å². The van der Waals surface area contributed by atoms with Crippen LogP contribution < -0.4 is 5.32 Å². The molecule has 1 aliphatic carbocycles. The van der Waals surface area contributed by atoms with Gasteiger partial charge in [0, 0.05) is 28.8 Å². The monoisotopic (exact) mass is 292 g/mol. The summed E-state index contributed by atoms with van der Waals surface area (Å²) in [5.74, 6) is 0. The Labute approximate surface area is 111 Å². The Kier molecular flexibility index (Phi) is 3.05. The van der Waals surface area contributed by atoms with Crippen LogP contribution >= 0.6 is 15.9 Å². The molecule has 1 atom stereocenters. The standard InChI is InChI=1S/C14H17BrN2/c15-13-6-12(8-17-9-13)11-2-4-14(7-11)3-1-5-16-10-14/h6-9,16H,1-5,10H2. The zero-order valence-electron chi connectivity index (χ0n) is 9.88. The third-order valence-corrected chi connectivity index (χ3v) is 4.39. The van der Waals surface area contributed by atoms with E-state index in [2.05, 4.69) is 38.4 Å². The van der Waals surface area contributed by atoms with Crippen LogP contribution in [0.3, 0.4) is 0 Å². The molecule has 1 aromatic rings. The van der Waals surface area contributed by atoms with Gasteiger partial charge in [0.25, 0.3) is 0 Å². The van der Waals surface area contributed by atoms with Crippen molar-refractivity contribution < 1.29 is 0 Å². The van der Waals surface area contributed by atoms with Gasteiger partial charge in [0.1, 0.15) is 0 Å². The Morgan fingerprint density at radius 2 is 2.24 bits per heavy atom. The van der Waals surface area contributed by atoms with Gasteiger partial charge in [0.2, 0.25) is 0 Å². The highest BCUT2D eigenvalue weighted by molar-refractivity contribution is 9.10. The fraction of sp³-hybridized carbons (Fsp3) is 0.500. The first-order valence-electron chi connectivity index (χ1n) is 6.31. The van der Waals surface area contributed by atoms with E-state index in [9.17, 15) is 0 Å². The molecule has 1 saturated heterocycles. The minimum absolute atomic E-state index is 0.426. The van der Waals surface area contributed by atoms with Crippen LogP contribution in [0.1, 0.15) is 31.2 Å². The highest BCUT2D eigenvalue weighted by atomic mass is 79.9. The van der Waals surface area contributed by atoms with E-state index < -0.39 is 0 Å². The second-order valence-corrected chi connectivity index (χ2v) is 6.12. The lowest BCUT2D eigenvalue weighted by Crippen LogP contribution is -2.37. The highest BCUT2D eigenvalue weighted by Crippen LogP contribution is 2.44. The topological polar surface area (TPSA) is 24.9 Å². The molecule has 0 saturated carbocycles. The van der Waals surface area contributed by atoms with Crippen molar-refractivity contribution in [2.45, 2.75) is 25.7 Å². The van der Waals surface area contributed by atoms with Gasteiger partial charge in [-0.1, -0.05) is 6.08 Å². The van der Waals surface area contributed by atoms with Crippen LogP contribution in [0.25, 0.3) is 5.57 Å². The summed E-state index contributed by atoms with van der Waals surface area (Å²) in [5, 5.41) is 3.53. The van der Waals surface area contributed by atoms with E-state index in [4.69, 9.17) is 0 Å². The number of allylic oxidation sites excluding steroid dienone is 1. The van der Waals surface area contributed by atoms with Gasteiger partial charge in [-0.15, -0.1) is 0 Å². The number of pyridine rings is 1. The van der Waals surface area contributed by atoms with Crippen molar-refractivity contribution in [3.05, 3.63) is 34.6 Å². The smallest absolute Gasteiger partial charge is 0.0410 e. The third kappa shape index (κ3) is 2.31. The normalized spacial score (nSPS) is 28.4. The molecule has 2 aliphatic rings. The summed E-state index contributed by atoms with van der Waals surface area (Å²) in [5.41, 5.74) is 3.18. The number of nitrogens with zero attached hydrogens (tertiary/aromatic N) is 1. The Balaban J connectivity index is 1.87. The molecule has 2 heterocycles. The summed E-state index contributed by atoms with van der Waals surface area (Å²) in [6.45, 7) is 2.33. The fourth-order valence-corrected chi connectivity index (χ4v) is 3.41. The maximum Gasteiger partial charge on any atom is 0.0410 e. The van der Waals surface area contributed by atoms with Gasteiger partial charge in [-0.3, -0.25) is 4.98 Å². The van der Waals surface area contributed by atoms with Gasteiger partial charge in [0.05, 0.1) is 0 Å². The number of aromatic nitrogens is 1. The summed E-state index contributed by atoms with van der Waals surface area (Å²) in [6.07, 6.45) is 11.5. The first-order valence-corrected chi connectivity index (χ1v) is 7.10. The third-order valence-electron chi connectivity index (χ3n) is 3.95. The number of rotatable bonds is 1. The Morgan fingerprint density at radius 1 is 1.29 bits per heavy atom. The minimum Gasteiger partial charge on any atom is -0.316 e. The molecule has 1 aliphatic heterocycles. The molecule has 3 rings (SSSR count). The molecule has 1 N–H and O–H groups in total. The SMILES string of the molecule is Brc1cncc(C2=CC3(CCCNC3)CC2)c1. The summed E-state index contributed by atoms with van der Waals surface area (Å²) in [7, 11) is 0. The molecular formula is C14H17BrN2. The average Bonchev–Trinajstić information content (AvgIpc) is 2.74. The van der Waals surface area contributed by atoms with Crippen molar-refractivity contribution in [1.82, 2.24) is 10.3 Å². The van der Waals surface area contributed by atoms with Crippen LogP contribution in [0.5, 0.6) is 0 Å². The van der Waals surface area contributed by atoms with E-state index >= 15 is 0 Å². The molecule has 2 nitrogen and oxygen atoms in total. The van der Waals surface area contributed by atoms with Crippen LogP contribution in [-0.4, -0.2) is 18.1 Å². The lowest BCUT2D eigenvalue weighted by Gasteiger charge is -2.32. The summed E-state index contributed by atoms with van der Waals surface area (Å²) in [4.78, 5) is 4.26. The minimum atomic E-state index is 0.426. The van der Waals surface area contributed by atoms with Gasteiger partial charge in [-0.05, 0) is 65.4 Å². The highest BCUT2D eigenvalue weighted by Gasteiger charge is 2.34. The summed E-state index contributed by atoms with van der Waals surface area (Å²) < 4.78 is 1.07. The Morgan fingerprint density at radius 3 is 3.00 bits per heavy atom. The average molecular weight is 293 g/mol. The second kappa shape index (κ2) is 4.54. The largest absolute Gasteiger partial charge is 0.316 e. The van der Waals surface area contributed by atoms with Crippen LogP contribution in [0.15, 0.2) is 29.0 Å². The van der Waals surface area contributed by atoms with Crippen LogP contribution in [-0.2, 0) is 0 Å². The zero-order chi connectivity index (χ0) is 11.7.